The molecule has 1 atom stereocenters. The summed E-state index contributed by atoms with van der Waals surface area (Å²) in [6.07, 6.45) is 1.11. The predicted octanol–water partition coefficient (Wildman–Crippen LogP) is 2.13. The highest BCUT2D eigenvalue weighted by molar-refractivity contribution is 7.89. The Morgan fingerprint density at radius 2 is 1.80 bits per heavy atom. The molecule has 2 aliphatic rings. The number of nitrogens with one attached hydrogen (secondary N) is 1. The minimum Gasteiger partial charge on any atom is -0.466 e. The van der Waals surface area contributed by atoms with Gasteiger partial charge in [0.1, 0.15) is 0 Å². The van der Waals surface area contributed by atoms with E-state index in [0.717, 1.165) is 4.90 Å². The van der Waals surface area contributed by atoms with E-state index in [0.29, 0.717) is 19.4 Å². The number of sulfonamides is 1. The number of carbonyl (C=O) groups excluding carboxylic acids is 4. The number of amides is 3. The fourth-order valence-corrected chi connectivity index (χ4v) is 5.76. The third-order valence-corrected chi connectivity index (χ3v) is 8.00. The number of benzene rings is 2. The van der Waals surface area contributed by atoms with Crippen molar-refractivity contribution in [3.63, 3.8) is 0 Å². The molecule has 1 saturated heterocycles. The first-order valence-electron chi connectivity index (χ1n) is 11.2. The number of piperidine rings is 1. The molecule has 0 aromatic heterocycles. The van der Waals surface area contributed by atoms with Gasteiger partial charge in [0.25, 0.3) is 17.7 Å². The van der Waals surface area contributed by atoms with Crippen LogP contribution in [-0.2, 0) is 19.6 Å². The Morgan fingerprint density at radius 3 is 2.49 bits per heavy atom. The van der Waals surface area contributed by atoms with Crippen molar-refractivity contribution >= 4 is 39.4 Å². The largest absolute Gasteiger partial charge is 0.466 e. The van der Waals surface area contributed by atoms with E-state index in [1.54, 1.807) is 13.0 Å². The Morgan fingerprint density at radius 1 is 1.09 bits per heavy atom. The third-order valence-electron chi connectivity index (χ3n) is 6.12. The van der Waals surface area contributed by atoms with E-state index in [9.17, 15) is 27.6 Å². The molecule has 2 aromatic carbocycles. The van der Waals surface area contributed by atoms with Gasteiger partial charge in [0.05, 0.1) is 34.2 Å². The van der Waals surface area contributed by atoms with E-state index in [1.807, 2.05) is 0 Å². The third kappa shape index (κ3) is 4.56. The van der Waals surface area contributed by atoms with Gasteiger partial charge in [0.15, 0.2) is 0 Å². The van der Waals surface area contributed by atoms with Crippen molar-refractivity contribution in [3.8, 4) is 0 Å². The van der Waals surface area contributed by atoms with Crippen LogP contribution in [0.3, 0.4) is 0 Å². The number of fused-ring (bicyclic) bond motifs is 1. The van der Waals surface area contributed by atoms with Gasteiger partial charge in [-0.05, 0) is 56.2 Å². The second-order valence-corrected chi connectivity index (χ2v) is 10.3. The topological polar surface area (TPSA) is 130 Å². The van der Waals surface area contributed by atoms with Gasteiger partial charge < -0.3 is 10.1 Å². The fraction of sp³-hybridized carbons (Fsp3) is 0.333. The predicted molar refractivity (Wildman–Crippen MR) is 125 cm³/mol. The number of rotatable bonds is 6. The number of imide groups is 1. The lowest BCUT2D eigenvalue weighted by molar-refractivity contribution is -0.149. The van der Waals surface area contributed by atoms with Gasteiger partial charge >= 0.3 is 5.97 Å². The molecule has 2 heterocycles. The van der Waals surface area contributed by atoms with E-state index in [1.165, 1.54) is 47.8 Å². The first-order chi connectivity index (χ1) is 16.6. The van der Waals surface area contributed by atoms with Gasteiger partial charge in [-0.1, -0.05) is 6.07 Å². The summed E-state index contributed by atoms with van der Waals surface area (Å²) in [5, 5.41) is 2.63. The first kappa shape index (κ1) is 24.6. The molecule has 0 saturated carbocycles. The molecule has 0 spiro atoms. The number of hydrogen-bond donors (Lipinski definition) is 1. The lowest BCUT2D eigenvalue weighted by Gasteiger charge is -2.30. The highest BCUT2D eigenvalue weighted by atomic mass is 32.2. The zero-order valence-corrected chi connectivity index (χ0v) is 20.1. The van der Waals surface area contributed by atoms with Crippen molar-refractivity contribution in [1.29, 1.82) is 0 Å². The van der Waals surface area contributed by atoms with Gasteiger partial charge in [-0.2, -0.15) is 4.31 Å². The summed E-state index contributed by atoms with van der Waals surface area (Å²) < 4.78 is 32.5. The summed E-state index contributed by atoms with van der Waals surface area (Å²) >= 11 is 0. The number of esters is 1. The molecule has 0 aliphatic carbocycles. The minimum absolute atomic E-state index is 0.00145. The van der Waals surface area contributed by atoms with Crippen molar-refractivity contribution < 1.29 is 32.3 Å². The fourth-order valence-electron chi connectivity index (χ4n) is 4.24. The maximum atomic E-state index is 13.1. The standard InChI is InChI=1S/C24H25N3O7S/c1-3-34-24(31)16-6-5-13-27(14-16)35(32,33)17-11-9-15(10-12-17)21(28)25-19-8-4-7-18-20(19)23(30)26(2)22(18)29/h4,7-12,16H,3,5-6,13-14H2,1-2H3,(H,25,28). The molecule has 1 N–H and O–H groups in total. The van der Waals surface area contributed by atoms with Crippen molar-refractivity contribution in [2.24, 2.45) is 5.92 Å². The zero-order chi connectivity index (χ0) is 25.3. The SMILES string of the molecule is CCOC(=O)C1CCCN(S(=O)(=O)c2ccc(C(=O)Nc3cccc4c3C(=O)N(C)C4=O)cc2)C1. The molecule has 2 aliphatic heterocycles. The molecule has 3 amide bonds. The molecule has 184 valence electrons. The van der Waals surface area contributed by atoms with Crippen LogP contribution in [0, 0.1) is 5.92 Å². The maximum Gasteiger partial charge on any atom is 0.310 e. The summed E-state index contributed by atoms with van der Waals surface area (Å²) in [6, 6.07) is 10.0. The number of hydrogen-bond acceptors (Lipinski definition) is 7. The van der Waals surface area contributed by atoms with Crippen molar-refractivity contribution in [2.45, 2.75) is 24.7 Å². The van der Waals surface area contributed by atoms with Gasteiger partial charge in [-0.15, -0.1) is 0 Å². The second-order valence-electron chi connectivity index (χ2n) is 8.33. The lowest BCUT2D eigenvalue weighted by Crippen LogP contribution is -2.42. The molecular weight excluding hydrogens is 474 g/mol. The van der Waals surface area contributed by atoms with E-state index in [4.69, 9.17) is 4.74 Å². The van der Waals surface area contributed by atoms with Crippen LogP contribution in [0.15, 0.2) is 47.4 Å². The highest BCUT2D eigenvalue weighted by Gasteiger charge is 2.36. The van der Waals surface area contributed by atoms with Crippen LogP contribution in [0.5, 0.6) is 0 Å². The molecule has 35 heavy (non-hydrogen) atoms. The monoisotopic (exact) mass is 499 g/mol. The Balaban J connectivity index is 1.50. The van der Waals surface area contributed by atoms with Crippen molar-refractivity contribution in [3.05, 3.63) is 59.2 Å². The zero-order valence-electron chi connectivity index (χ0n) is 19.3. The van der Waals surface area contributed by atoms with Crippen molar-refractivity contribution in [2.75, 3.05) is 32.1 Å². The van der Waals surface area contributed by atoms with E-state index in [2.05, 4.69) is 5.32 Å². The molecule has 10 nitrogen and oxygen atoms in total. The summed E-state index contributed by atoms with van der Waals surface area (Å²) in [4.78, 5) is 50.4. The number of ether oxygens (including phenoxy) is 1. The van der Waals surface area contributed by atoms with E-state index in [-0.39, 0.29) is 40.4 Å². The number of nitrogens with zero attached hydrogens (tertiary/aromatic N) is 2. The average molecular weight is 500 g/mol. The van der Waals surface area contributed by atoms with Crippen molar-refractivity contribution in [1.82, 2.24) is 9.21 Å². The molecule has 11 heteroatoms. The summed E-state index contributed by atoms with van der Waals surface area (Å²) in [5.41, 5.74) is 0.702. The van der Waals surface area contributed by atoms with Crippen LogP contribution >= 0.6 is 0 Å². The van der Waals surface area contributed by atoms with Gasteiger partial charge in [-0.25, -0.2) is 8.42 Å². The lowest BCUT2D eigenvalue weighted by atomic mass is 10.0. The molecule has 1 unspecified atom stereocenters. The second kappa shape index (κ2) is 9.59. The summed E-state index contributed by atoms with van der Waals surface area (Å²) in [7, 11) is -2.50. The molecule has 0 radical (unpaired) electrons. The highest BCUT2D eigenvalue weighted by Crippen LogP contribution is 2.29. The van der Waals surface area contributed by atoms with Crippen LogP contribution in [0.25, 0.3) is 0 Å². The molecular formula is C24H25N3O7S. The van der Waals surface area contributed by atoms with Crippen LogP contribution < -0.4 is 5.32 Å². The first-order valence-corrected chi connectivity index (χ1v) is 12.6. The van der Waals surface area contributed by atoms with Gasteiger partial charge in [-0.3, -0.25) is 24.1 Å². The summed E-state index contributed by atoms with van der Waals surface area (Å²) in [6.45, 7) is 2.27. The Hall–Kier alpha value is -3.57. The van der Waals surface area contributed by atoms with Crippen LogP contribution in [0.1, 0.15) is 50.8 Å². The van der Waals surface area contributed by atoms with Gasteiger partial charge in [0, 0.05) is 25.7 Å². The quantitative estimate of drug-likeness (QED) is 0.476. The number of carbonyl (C=O) groups is 4. The number of anilines is 1. The Bertz CT molecular complexity index is 1300. The van der Waals surface area contributed by atoms with Crippen LogP contribution in [0.2, 0.25) is 0 Å². The summed E-state index contributed by atoms with van der Waals surface area (Å²) in [5.74, 6) is -2.43. The molecule has 0 bridgehead atoms. The van der Waals surface area contributed by atoms with Crippen LogP contribution in [-0.4, -0.2) is 68.1 Å². The maximum absolute atomic E-state index is 13.1. The van der Waals surface area contributed by atoms with E-state index >= 15 is 0 Å². The average Bonchev–Trinajstić information content (AvgIpc) is 3.09. The molecule has 1 fully saturated rings. The molecule has 2 aromatic rings. The Kier molecular flexibility index (Phi) is 6.73. The van der Waals surface area contributed by atoms with Crippen LogP contribution in [0.4, 0.5) is 5.69 Å². The minimum atomic E-state index is -3.87. The smallest absolute Gasteiger partial charge is 0.310 e. The molecule has 4 rings (SSSR count). The van der Waals surface area contributed by atoms with Gasteiger partial charge in [0.2, 0.25) is 10.0 Å². The Labute approximate surface area is 202 Å². The normalized spacial score (nSPS) is 18.3. The van der Waals surface area contributed by atoms with E-state index < -0.39 is 39.6 Å².